The molecule has 4 nitrogen and oxygen atoms in total. The van der Waals surface area contributed by atoms with E-state index >= 15 is 0 Å². The average Bonchev–Trinajstić information content (AvgIpc) is 2.18. The number of carbonyl (C=O) groups is 1. The van der Waals surface area contributed by atoms with Crippen molar-refractivity contribution >= 4 is 11.6 Å². The van der Waals surface area contributed by atoms with Gasteiger partial charge in [0.05, 0.1) is 0 Å². The summed E-state index contributed by atoms with van der Waals surface area (Å²) in [5, 5.41) is 2.93. The summed E-state index contributed by atoms with van der Waals surface area (Å²) < 4.78 is 0. The molecule has 14 heavy (non-hydrogen) atoms. The molecule has 1 heterocycles. The molecule has 0 atom stereocenters. The maximum absolute atomic E-state index is 11.4. The van der Waals surface area contributed by atoms with Crippen molar-refractivity contribution in [3.8, 4) is 0 Å². The van der Waals surface area contributed by atoms with Crippen molar-refractivity contribution in [3.63, 3.8) is 0 Å². The number of Topliss-reactive ketones (excluding diaryl/α,β-unsaturated/α-hetero) is 1. The van der Waals surface area contributed by atoms with Crippen molar-refractivity contribution < 1.29 is 4.79 Å². The van der Waals surface area contributed by atoms with Crippen LogP contribution in [0.2, 0.25) is 0 Å². The number of pyridine rings is 1. The monoisotopic (exact) mass is 193 g/mol. The predicted molar refractivity (Wildman–Crippen MR) is 55.9 cm³/mol. The van der Waals surface area contributed by atoms with Crippen LogP contribution < -0.4 is 11.1 Å². The highest BCUT2D eigenvalue weighted by molar-refractivity contribution is 5.82. The number of nitrogens with one attached hydrogen (secondary N) is 1. The highest BCUT2D eigenvalue weighted by atomic mass is 16.1. The zero-order chi connectivity index (χ0) is 10.4. The Morgan fingerprint density at radius 3 is 3.07 bits per heavy atom. The number of aromatic nitrogens is 1. The van der Waals surface area contributed by atoms with Crippen LogP contribution in [-0.2, 0) is 11.2 Å². The Labute approximate surface area is 83.5 Å². The van der Waals surface area contributed by atoms with Gasteiger partial charge in [-0.25, -0.2) is 4.98 Å². The molecule has 0 amide bonds. The molecule has 0 aliphatic carbocycles. The minimum Gasteiger partial charge on any atom is -0.383 e. The van der Waals surface area contributed by atoms with E-state index in [2.05, 4.69) is 10.3 Å². The van der Waals surface area contributed by atoms with E-state index in [0.29, 0.717) is 25.2 Å². The summed E-state index contributed by atoms with van der Waals surface area (Å²) >= 11 is 0. The second kappa shape index (κ2) is 5.34. The molecule has 1 aromatic heterocycles. The highest BCUT2D eigenvalue weighted by Gasteiger charge is 2.05. The van der Waals surface area contributed by atoms with E-state index in [9.17, 15) is 4.79 Å². The van der Waals surface area contributed by atoms with E-state index in [1.54, 1.807) is 12.3 Å². The number of nitrogens with zero attached hydrogens (tertiary/aromatic N) is 1. The molecule has 0 aromatic carbocycles. The SMILES string of the molecule is CNCCC(=O)Cc1cccnc1N. The van der Waals surface area contributed by atoms with Crippen LogP contribution in [0.1, 0.15) is 12.0 Å². The normalized spacial score (nSPS) is 10.1. The van der Waals surface area contributed by atoms with Crippen molar-refractivity contribution in [3.05, 3.63) is 23.9 Å². The summed E-state index contributed by atoms with van der Waals surface area (Å²) in [5.74, 6) is 0.629. The fourth-order valence-corrected chi connectivity index (χ4v) is 1.17. The molecule has 0 aliphatic rings. The van der Waals surface area contributed by atoms with Crippen molar-refractivity contribution in [2.45, 2.75) is 12.8 Å². The van der Waals surface area contributed by atoms with Crippen LogP contribution in [-0.4, -0.2) is 24.4 Å². The molecule has 1 rings (SSSR count). The maximum Gasteiger partial charge on any atom is 0.138 e. The van der Waals surface area contributed by atoms with E-state index < -0.39 is 0 Å². The first-order valence-corrected chi connectivity index (χ1v) is 4.59. The molecule has 0 bridgehead atoms. The van der Waals surface area contributed by atoms with Crippen molar-refractivity contribution in [1.82, 2.24) is 10.3 Å². The van der Waals surface area contributed by atoms with Gasteiger partial charge in [-0.3, -0.25) is 4.79 Å². The van der Waals surface area contributed by atoms with Gasteiger partial charge >= 0.3 is 0 Å². The topological polar surface area (TPSA) is 68.0 Å². The molecular formula is C10H15N3O. The quantitative estimate of drug-likeness (QED) is 0.709. The summed E-state index contributed by atoms with van der Waals surface area (Å²) in [7, 11) is 1.83. The lowest BCUT2D eigenvalue weighted by molar-refractivity contribution is -0.118. The Hall–Kier alpha value is -1.42. The Morgan fingerprint density at radius 2 is 2.43 bits per heavy atom. The number of carbonyl (C=O) groups excluding carboxylic acids is 1. The number of hydrogen-bond acceptors (Lipinski definition) is 4. The molecule has 0 unspecified atom stereocenters. The Morgan fingerprint density at radius 1 is 1.64 bits per heavy atom. The van der Waals surface area contributed by atoms with Gasteiger partial charge in [0, 0.05) is 31.1 Å². The standard InChI is InChI=1S/C10H15N3O/c1-12-6-4-9(14)7-8-3-2-5-13-10(8)11/h2-3,5,12H,4,6-7H2,1H3,(H2,11,13). The van der Waals surface area contributed by atoms with Crippen molar-refractivity contribution in [2.75, 3.05) is 19.3 Å². The summed E-state index contributed by atoms with van der Waals surface area (Å²) in [6.45, 7) is 0.707. The lowest BCUT2D eigenvalue weighted by Crippen LogP contribution is -2.15. The molecule has 0 spiro atoms. The summed E-state index contributed by atoms with van der Waals surface area (Å²) in [6.07, 6.45) is 2.53. The summed E-state index contributed by atoms with van der Waals surface area (Å²) in [4.78, 5) is 15.3. The number of rotatable bonds is 5. The van der Waals surface area contributed by atoms with Gasteiger partial charge in [0.2, 0.25) is 0 Å². The lowest BCUT2D eigenvalue weighted by atomic mass is 10.1. The number of hydrogen-bond donors (Lipinski definition) is 2. The molecule has 76 valence electrons. The van der Waals surface area contributed by atoms with Gasteiger partial charge in [-0.05, 0) is 13.1 Å². The van der Waals surface area contributed by atoms with Gasteiger partial charge in [0.25, 0.3) is 0 Å². The molecule has 0 fully saturated rings. The van der Waals surface area contributed by atoms with Crippen LogP contribution in [0.15, 0.2) is 18.3 Å². The highest BCUT2D eigenvalue weighted by Crippen LogP contribution is 2.08. The molecule has 4 heteroatoms. The fraction of sp³-hybridized carbons (Fsp3) is 0.400. The van der Waals surface area contributed by atoms with E-state index in [4.69, 9.17) is 5.73 Å². The maximum atomic E-state index is 11.4. The van der Waals surface area contributed by atoms with E-state index in [1.807, 2.05) is 13.1 Å². The smallest absolute Gasteiger partial charge is 0.138 e. The van der Waals surface area contributed by atoms with E-state index in [-0.39, 0.29) is 5.78 Å². The third-order valence-corrected chi connectivity index (χ3v) is 1.97. The first-order chi connectivity index (χ1) is 6.74. The van der Waals surface area contributed by atoms with Crippen LogP contribution >= 0.6 is 0 Å². The fourth-order valence-electron chi connectivity index (χ4n) is 1.17. The second-order valence-corrected chi connectivity index (χ2v) is 3.12. The summed E-state index contributed by atoms with van der Waals surface area (Å²) in [5.41, 5.74) is 6.43. The number of ketones is 1. The van der Waals surface area contributed by atoms with Crippen LogP contribution in [0.5, 0.6) is 0 Å². The third-order valence-electron chi connectivity index (χ3n) is 1.97. The van der Waals surface area contributed by atoms with Crippen LogP contribution in [0.3, 0.4) is 0 Å². The Kier molecular flexibility index (Phi) is 4.07. The zero-order valence-corrected chi connectivity index (χ0v) is 8.29. The van der Waals surface area contributed by atoms with Gasteiger partial charge in [-0.1, -0.05) is 6.07 Å². The van der Waals surface area contributed by atoms with Gasteiger partial charge in [-0.2, -0.15) is 0 Å². The predicted octanol–water partition coefficient (Wildman–Crippen LogP) is 0.385. The molecule has 0 saturated heterocycles. The molecule has 1 aromatic rings. The second-order valence-electron chi connectivity index (χ2n) is 3.12. The lowest BCUT2D eigenvalue weighted by Gasteiger charge is -2.03. The largest absolute Gasteiger partial charge is 0.383 e. The van der Waals surface area contributed by atoms with Gasteiger partial charge in [0.15, 0.2) is 0 Å². The molecular weight excluding hydrogens is 178 g/mol. The zero-order valence-electron chi connectivity index (χ0n) is 8.29. The molecule has 3 N–H and O–H groups in total. The van der Waals surface area contributed by atoms with E-state index in [0.717, 1.165) is 5.56 Å². The first-order valence-electron chi connectivity index (χ1n) is 4.59. The first kappa shape index (κ1) is 10.7. The number of nitrogen functional groups attached to an aromatic ring is 1. The van der Waals surface area contributed by atoms with Gasteiger partial charge in [-0.15, -0.1) is 0 Å². The minimum atomic E-state index is 0.180. The molecule has 0 aliphatic heterocycles. The number of anilines is 1. The summed E-state index contributed by atoms with van der Waals surface area (Å²) in [6, 6.07) is 3.62. The molecule has 0 radical (unpaired) electrons. The third kappa shape index (κ3) is 3.14. The van der Waals surface area contributed by atoms with Gasteiger partial charge in [0.1, 0.15) is 11.6 Å². The van der Waals surface area contributed by atoms with Crippen LogP contribution in [0.4, 0.5) is 5.82 Å². The van der Waals surface area contributed by atoms with E-state index in [1.165, 1.54) is 0 Å². The number of nitrogens with two attached hydrogens (primary N) is 1. The van der Waals surface area contributed by atoms with Crippen LogP contribution in [0.25, 0.3) is 0 Å². The van der Waals surface area contributed by atoms with Crippen LogP contribution in [0, 0.1) is 0 Å². The van der Waals surface area contributed by atoms with Crippen molar-refractivity contribution in [1.29, 1.82) is 0 Å². The Balaban J connectivity index is 2.52. The van der Waals surface area contributed by atoms with Gasteiger partial charge < -0.3 is 11.1 Å². The minimum absolute atomic E-state index is 0.180. The average molecular weight is 193 g/mol. The van der Waals surface area contributed by atoms with Crippen molar-refractivity contribution in [2.24, 2.45) is 0 Å². The molecule has 0 saturated carbocycles. The Bertz CT molecular complexity index is 312.